The number of carbonyl (C=O) groups excluding carboxylic acids is 1. The summed E-state index contributed by atoms with van der Waals surface area (Å²) in [4.78, 5) is 13.4. The molecule has 0 unspecified atom stereocenters. The molecule has 24 heavy (non-hydrogen) atoms. The van der Waals surface area contributed by atoms with Gasteiger partial charge in [-0.15, -0.1) is 0 Å². The van der Waals surface area contributed by atoms with E-state index in [4.69, 9.17) is 16.3 Å². The number of sulfonamides is 1. The van der Waals surface area contributed by atoms with Crippen LogP contribution in [0.1, 0.15) is 13.3 Å². The molecular weight excluding hydrogens is 359 g/mol. The van der Waals surface area contributed by atoms with Crippen LogP contribution in [0.15, 0.2) is 23.1 Å². The highest BCUT2D eigenvalue weighted by molar-refractivity contribution is 7.89. The second-order valence-electron chi connectivity index (χ2n) is 5.41. The molecule has 0 saturated carbocycles. The molecule has 1 aliphatic heterocycles. The monoisotopic (exact) mass is 378 g/mol. The van der Waals surface area contributed by atoms with Crippen molar-refractivity contribution in [3.63, 3.8) is 0 Å². The van der Waals surface area contributed by atoms with Gasteiger partial charge in [0.2, 0.25) is 10.0 Å². The normalized spacial score (nSPS) is 17.5. The van der Waals surface area contributed by atoms with Crippen molar-refractivity contribution in [2.45, 2.75) is 18.2 Å². The molecule has 6 nitrogen and oxygen atoms in total. The molecule has 1 aromatic rings. The topological polar surface area (TPSA) is 66.9 Å². The van der Waals surface area contributed by atoms with E-state index < -0.39 is 15.8 Å². The molecule has 0 amide bonds. The first-order valence-corrected chi connectivity index (χ1v) is 9.49. The van der Waals surface area contributed by atoms with Crippen molar-refractivity contribution in [1.29, 1.82) is 0 Å². The van der Waals surface area contributed by atoms with Gasteiger partial charge in [0.15, 0.2) is 0 Å². The van der Waals surface area contributed by atoms with Crippen molar-refractivity contribution in [2.24, 2.45) is 0 Å². The van der Waals surface area contributed by atoms with Crippen LogP contribution >= 0.6 is 11.6 Å². The van der Waals surface area contributed by atoms with E-state index >= 15 is 0 Å². The molecule has 0 bridgehead atoms. The summed E-state index contributed by atoms with van der Waals surface area (Å²) in [5.41, 5.74) is 0. The van der Waals surface area contributed by atoms with Gasteiger partial charge in [0.05, 0.1) is 23.1 Å². The largest absolute Gasteiger partial charge is 0.465 e. The lowest BCUT2D eigenvalue weighted by atomic mass is 10.3. The highest BCUT2D eigenvalue weighted by atomic mass is 35.5. The molecule has 1 aliphatic rings. The van der Waals surface area contributed by atoms with Crippen LogP contribution in [0, 0.1) is 5.82 Å². The smallest absolute Gasteiger partial charge is 0.320 e. The Morgan fingerprint density at radius 2 is 2.04 bits per heavy atom. The van der Waals surface area contributed by atoms with Crippen LogP contribution < -0.4 is 0 Å². The van der Waals surface area contributed by atoms with Gasteiger partial charge in [0.1, 0.15) is 5.82 Å². The first-order chi connectivity index (χ1) is 11.3. The zero-order chi connectivity index (χ0) is 17.7. The van der Waals surface area contributed by atoms with Gasteiger partial charge in [-0.3, -0.25) is 9.69 Å². The number of carbonyl (C=O) groups is 1. The van der Waals surface area contributed by atoms with Gasteiger partial charge in [-0.25, -0.2) is 12.8 Å². The third kappa shape index (κ3) is 4.66. The fourth-order valence-corrected chi connectivity index (χ4v) is 4.26. The summed E-state index contributed by atoms with van der Waals surface area (Å²) in [7, 11) is -3.75. The molecule has 0 radical (unpaired) electrons. The quantitative estimate of drug-likeness (QED) is 0.730. The number of nitrogens with zero attached hydrogens (tertiary/aromatic N) is 2. The average Bonchev–Trinajstić information content (AvgIpc) is 2.76. The van der Waals surface area contributed by atoms with E-state index in [1.165, 1.54) is 10.4 Å². The second kappa shape index (κ2) is 8.24. The van der Waals surface area contributed by atoms with Crippen LogP contribution in [-0.2, 0) is 19.6 Å². The lowest BCUT2D eigenvalue weighted by molar-refractivity contribution is -0.144. The minimum absolute atomic E-state index is 0.0345. The third-order valence-electron chi connectivity index (χ3n) is 3.73. The lowest BCUT2D eigenvalue weighted by Crippen LogP contribution is -2.37. The fraction of sp³-hybridized carbons (Fsp3) is 0.533. The van der Waals surface area contributed by atoms with Gasteiger partial charge in [0.25, 0.3) is 0 Å². The zero-order valence-corrected chi connectivity index (χ0v) is 14.9. The maximum atomic E-state index is 13.2. The van der Waals surface area contributed by atoms with E-state index in [0.29, 0.717) is 32.7 Å². The number of ether oxygens (including phenoxy) is 1. The van der Waals surface area contributed by atoms with Crippen LogP contribution in [0.25, 0.3) is 0 Å². The molecule has 0 atom stereocenters. The predicted molar refractivity (Wildman–Crippen MR) is 87.9 cm³/mol. The third-order valence-corrected chi connectivity index (χ3v) is 5.92. The summed E-state index contributed by atoms with van der Waals surface area (Å²) in [6.45, 7) is 3.81. The Bertz CT molecular complexity index is 699. The standard InChI is InChI=1S/C15H20ClFN2O4S/c1-2-23-15(20)11-18-6-3-7-19(9-8-18)24(21,22)12-4-5-14(17)13(16)10-12/h4-5,10H,2-3,6-9,11H2,1H3. The lowest BCUT2D eigenvalue weighted by Gasteiger charge is -2.21. The molecular formula is C15H20ClFN2O4S. The van der Waals surface area contributed by atoms with E-state index in [1.807, 2.05) is 4.90 Å². The summed E-state index contributed by atoms with van der Waals surface area (Å²) < 4.78 is 44.8. The highest BCUT2D eigenvalue weighted by Crippen LogP contribution is 2.23. The van der Waals surface area contributed by atoms with Gasteiger partial charge in [-0.05, 0) is 31.5 Å². The maximum absolute atomic E-state index is 13.2. The van der Waals surface area contributed by atoms with Gasteiger partial charge < -0.3 is 4.74 Å². The Balaban J connectivity index is 2.06. The number of hydrogen-bond acceptors (Lipinski definition) is 5. The van der Waals surface area contributed by atoms with Crippen LogP contribution in [0.4, 0.5) is 4.39 Å². The highest BCUT2D eigenvalue weighted by Gasteiger charge is 2.28. The van der Waals surface area contributed by atoms with Crippen molar-refractivity contribution >= 4 is 27.6 Å². The molecule has 0 aromatic heterocycles. The summed E-state index contributed by atoms with van der Waals surface area (Å²) in [6.07, 6.45) is 0.591. The van der Waals surface area contributed by atoms with E-state index in [-0.39, 0.29) is 29.0 Å². The van der Waals surface area contributed by atoms with E-state index in [1.54, 1.807) is 6.92 Å². The Morgan fingerprint density at radius 3 is 2.71 bits per heavy atom. The first-order valence-electron chi connectivity index (χ1n) is 7.67. The Hall–Kier alpha value is -1.22. The number of esters is 1. The van der Waals surface area contributed by atoms with Gasteiger partial charge in [0, 0.05) is 26.2 Å². The number of halogens is 2. The van der Waals surface area contributed by atoms with Crippen molar-refractivity contribution in [3.05, 3.63) is 29.0 Å². The van der Waals surface area contributed by atoms with Crippen LogP contribution in [0.2, 0.25) is 5.02 Å². The van der Waals surface area contributed by atoms with E-state index in [0.717, 1.165) is 12.1 Å². The van der Waals surface area contributed by atoms with Crippen molar-refractivity contribution < 1.29 is 22.3 Å². The van der Waals surface area contributed by atoms with Crippen molar-refractivity contribution in [1.82, 2.24) is 9.21 Å². The molecule has 0 spiro atoms. The molecule has 0 aliphatic carbocycles. The first kappa shape index (κ1) is 19.1. The number of benzene rings is 1. The van der Waals surface area contributed by atoms with Gasteiger partial charge in [-0.2, -0.15) is 4.31 Å². The Labute approximate surface area is 146 Å². The van der Waals surface area contributed by atoms with Gasteiger partial charge >= 0.3 is 5.97 Å². The molecule has 1 aromatic carbocycles. The summed E-state index contributed by atoms with van der Waals surface area (Å²) >= 11 is 5.68. The molecule has 9 heteroatoms. The molecule has 2 rings (SSSR count). The fourth-order valence-electron chi connectivity index (χ4n) is 2.52. The Morgan fingerprint density at radius 1 is 1.29 bits per heavy atom. The number of hydrogen-bond donors (Lipinski definition) is 0. The summed E-state index contributed by atoms with van der Waals surface area (Å²) in [5.74, 6) is -0.980. The molecule has 1 saturated heterocycles. The maximum Gasteiger partial charge on any atom is 0.320 e. The molecule has 0 N–H and O–H groups in total. The van der Waals surface area contributed by atoms with Crippen LogP contribution in [-0.4, -0.2) is 62.9 Å². The van der Waals surface area contributed by atoms with Crippen LogP contribution in [0.5, 0.6) is 0 Å². The van der Waals surface area contributed by atoms with E-state index in [2.05, 4.69) is 0 Å². The van der Waals surface area contributed by atoms with Crippen molar-refractivity contribution in [2.75, 3.05) is 39.3 Å². The second-order valence-corrected chi connectivity index (χ2v) is 7.76. The summed E-state index contributed by atoms with van der Waals surface area (Å²) in [6, 6.07) is 3.37. The van der Waals surface area contributed by atoms with E-state index in [9.17, 15) is 17.6 Å². The average molecular weight is 379 g/mol. The van der Waals surface area contributed by atoms with Gasteiger partial charge in [-0.1, -0.05) is 11.6 Å². The zero-order valence-electron chi connectivity index (χ0n) is 13.4. The predicted octanol–water partition coefficient (Wildman–Crippen LogP) is 1.74. The minimum Gasteiger partial charge on any atom is -0.465 e. The molecule has 1 fully saturated rings. The molecule has 134 valence electrons. The molecule has 1 heterocycles. The van der Waals surface area contributed by atoms with Crippen LogP contribution in [0.3, 0.4) is 0 Å². The number of rotatable bonds is 5. The summed E-state index contributed by atoms with van der Waals surface area (Å²) in [5, 5.41) is -0.227. The SMILES string of the molecule is CCOC(=O)CN1CCCN(S(=O)(=O)c2ccc(F)c(Cl)c2)CC1. The van der Waals surface area contributed by atoms with Crippen molar-refractivity contribution in [3.8, 4) is 0 Å². The minimum atomic E-state index is -3.75. The Kier molecular flexibility index (Phi) is 6.56.